The number of benzene rings is 1. The van der Waals surface area contributed by atoms with Crippen LogP contribution in [0.15, 0.2) is 18.2 Å². The Labute approximate surface area is 119 Å². The fourth-order valence-electron chi connectivity index (χ4n) is 2.40. The van der Waals surface area contributed by atoms with Crippen LogP contribution >= 0.6 is 11.6 Å². The summed E-state index contributed by atoms with van der Waals surface area (Å²) in [7, 11) is 0. The van der Waals surface area contributed by atoms with Gasteiger partial charge in [0.2, 0.25) is 5.91 Å². The van der Waals surface area contributed by atoms with Gasteiger partial charge in [-0.05, 0) is 62.9 Å². The number of carbonyl (C=O) groups excluding carboxylic acids is 1. The first-order chi connectivity index (χ1) is 9.15. The Balaban J connectivity index is 1.78. The molecule has 1 aliphatic rings. The highest BCUT2D eigenvalue weighted by Crippen LogP contribution is 2.21. The summed E-state index contributed by atoms with van der Waals surface area (Å²) in [5, 5.41) is 6.97. The zero-order valence-electron chi connectivity index (χ0n) is 11.3. The van der Waals surface area contributed by atoms with Crippen LogP contribution in [0.1, 0.15) is 31.2 Å². The zero-order valence-corrected chi connectivity index (χ0v) is 12.1. The van der Waals surface area contributed by atoms with E-state index >= 15 is 0 Å². The summed E-state index contributed by atoms with van der Waals surface area (Å²) in [6.07, 6.45) is 3.99. The van der Waals surface area contributed by atoms with Crippen LogP contribution in [0.25, 0.3) is 0 Å². The van der Waals surface area contributed by atoms with E-state index in [1.54, 1.807) is 6.07 Å². The van der Waals surface area contributed by atoms with Crippen molar-refractivity contribution in [2.75, 3.05) is 18.4 Å². The lowest BCUT2D eigenvalue weighted by molar-refractivity contribution is -0.116. The molecule has 0 aromatic heterocycles. The second-order valence-corrected chi connectivity index (χ2v) is 5.67. The van der Waals surface area contributed by atoms with Gasteiger partial charge in [-0.2, -0.15) is 0 Å². The van der Waals surface area contributed by atoms with Crippen molar-refractivity contribution >= 4 is 23.2 Å². The Morgan fingerprint density at radius 2 is 2.37 bits per heavy atom. The Morgan fingerprint density at radius 3 is 3.05 bits per heavy atom. The molecule has 1 atom stereocenters. The first kappa shape index (κ1) is 14.4. The summed E-state index contributed by atoms with van der Waals surface area (Å²) in [5.41, 5.74) is 1.80. The molecule has 3 nitrogen and oxygen atoms in total. The second kappa shape index (κ2) is 6.92. The molecule has 0 saturated carbocycles. The summed E-state index contributed by atoms with van der Waals surface area (Å²) in [5.74, 6) is 0.714. The van der Waals surface area contributed by atoms with Gasteiger partial charge in [-0.3, -0.25) is 4.79 Å². The SMILES string of the molecule is Cc1ccc(NC(=O)CCC2CCCNC2)cc1Cl. The molecule has 1 heterocycles. The number of hydrogen-bond acceptors (Lipinski definition) is 2. The van der Waals surface area contributed by atoms with E-state index in [9.17, 15) is 4.79 Å². The standard InChI is InChI=1S/C15H21ClN2O/c1-11-4-6-13(9-14(11)16)18-15(19)7-5-12-3-2-8-17-10-12/h4,6,9,12,17H,2-3,5,7-8,10H2,1H3,(H,18,19). The summed E-state index contributed by atoms with van der Waals surface area (Å²) in [6, 6.07) is 5.61. The molecule has 2 rings (SSSR count). The molecular weight excluding hydrogens is 260 g/mol. The van der Waals surface area contributed by atoms with Crippen LogP contribution in [0.3, 0.4) is 0 Å². The number of nitrogens with one attached hydrogen (secondary N) is 2. The van der Waals surface area contributed by atoms with Crippen molar-refractivity contribution < 1.29 is 4.79 Å². The molecule has 1 amide bonds. The van der Waals surface area contributed by atoms with Crippen LogP contribution in [0, 0.1) is 12.8 Å². The van der Waals surface area contributed by atoms with E-state index in [1.165, 1.54) is 12.8 Å². The number of amides is 1. The van der Waals surface area contributed by atoms with E-state index in [1.807, 2.05) is 19.1 Å². The van der Waals surface area contributed by atoms with Gasteiger partial charge < -0.3 is 10.6 Å². The maximum absolute atomic E-state index is 11.9. The lowest BCUT2D eigenvalue weighted by Gasteiger charge is -2.22. The van der Waals surface area contributed by atoms with Gasteiger partial charge in [0, 0.05) is 17.1 Å². The molecule has 1 aliphatic heterocycles. The number of piperidine rings is 1. The third-order valence-electron chi connectivity index (χ3n) is 3.63. The average Bonchev–Trinajstić information content (AvgIpc) is 2.42. The van der Waals surface area contributed by atoms with Crippen molar-refractivity contribution in [1.82, 2.24) is 5.32 Å². The largest absolute Gasteiger partial charge is 0.326 e. The molecule has 0 aliphatic carbocycles. The summed E-state index contributed by atoms with van der Waals surface area (Å²) in [4.78, 5) is 11.9. The molecular formula is C15H21ClN2O. The fourth-order valence-corrected chi connectivity index (χ4v) is 2.58. The minimum atomic E-state index is 0.0745. The van der Waals surface area contributed by atoms with Crippen molar-refractivity contribution in [3.8, 4) is 0 Å². The van der Waals surface area contributed by atoms with Crippen molar-refractivity contribution in [1.29, 1.82) is 0 Å². The predicted octanol–water partition coefficient (Wildman–Crippen LogP) is 3.37. The van der Waals surface area contributed by atoms with Gasteiger partial charge in [0.1, 0.15) is 0 Å². The van der Waals surface area contributed by atoms with Gasteiger partial charge in [0.05, 0.1) is 0 Å². The monoisotopic (exact) mass is 280 g/mol. The van der Waals surface area contributed by atoms with Crippen LogP contribution in [-0.4, -0.2) is 19.0 Å². The summed E-state index contributed by atoms with van der Waals surface area (Å²) in [6.45, 7) is 4.11. The Morgan fingerprint density at radius 1 is 1.53 bits per heavy atom. The number of aryl methyl sites for hydroxylation is 1. The minimum absolute atomic E-state index is 0.0745. The lowest BCUT2D eigenvalue weighted by Crippen LogP contribution is -2.30. The van der Waals surface area contributed by atoms with Gasteiger partial charge in [-0.25, -0.2) is 0 Å². The number of rotatable bonds is 4. The van der Waals surface area contributed by atoms with E-state index in [2.05, 4.69) is 10.6 Å². The molecule has 1 fully saturated rings. The Kier molecular flexibility index (Phi) is 5.23. The maximum atomic E-state index is 11.9. The quantitative estimate of drug-likeness (QED) is 0.888. The van der Waals surface area contributed by atoms with Gasteiger partial charge in [-0.15, -0.1) is 0 Å². The van der Waals surface area contributed by atoms with E-state index in [-0.39, 0.29) is 5.91 Å². The average molecular weight is 281 g/mol. The molecule has 2 N–H and O–H groups in total. The van der Waals surface area contributed by atoms with Gasteiger partial charge in [0.25, 0.3) is 0 Å². The van der Waals surface area contributed by atoms with Gasteiger partial charge >= 0.3 is 0 Å². The molecule has 104 valence electrons. The number of halogens is 1. The number of hydrogen-bond donors (Lipinski definition) is 2. The maximum Gasteiger partial charge on any atom is 0.224 e. The molecule has 0 spiro atoms. The summed E-state index contributed by atoms with van der Waals surface area (Å²) < 4.78 is 0. The Hall–Kier alpha value is -1.06. The van der Waals surface area contributed by atoms with Crippen molar-refractivity contribution in [3.63, 3.8) is 0 Å². The molecule has 1 unspecified atom stereocenters. The molecule has 1 aromatic rings. The zero-order chi connectivity index (χ0) is 13.7. The molecule has 1 saturated heterocycles. The fraction of sp³-hybridized carbons (Fsp3) is 0.533. The van der Waals surface area contributed by atoms with Crippen LogP contribution in [-0.2, 0) is 4.79 Å². The minimum Gasteiger partial charge on any atom is -0.326 e. The normalized spacial score (nSPS) is 19.2. The first-order valence-corrected chi connectivity index (χ1v) is 7.29. The third-order valence-corrected chi connectivity index (χ3v) is 4.04. The van der Waals surface area contributed by atoms with E-state index in [0.29, 0.717) is 17.4 Å². The van der Waals surface area contributed by atoms with E-state index in [0.717, 1.165) is 30.8 Å². The topological polar surface area (TPSA) is 41.1 Å². The van der Waals surface area contributed by atoms with E-state index < -0.39 is 0 Å². The van der Waals surface area contributed by atoms with Crippen molar-refractivity contribution in [2.24, 2.45) is 5.92 Å². The third kappa shape index (κ3) is 4.51. The molecule has 0 radical (unpaired) electrons. The molecule has 4 heteroatoms. The highest BCUT2D eigenvalue weighted by Gasteiger charge is 2.14. The molecule has 19 heavy (non-hydrogen) atoms. The number of anilines is 1. The van der Waals surface area contributed by atoms with Crippen LogP contribution in [0.2, 0.25) is 5.02 Å². The van der Waals surface area contributed by atoms with Crippen molar-refractivity contribution in [2.45, 2.75) is 32.6 Å². The van der Waals surface area contributed by atoms with Gasteiger partial charge in [-0.1, -0.05) is 17.7 Å². The highest BCUT2D eigenvalue weighted by molar-refractivity contribution is 6.31. The van der Waals surface area contributed by atoms with Crippen molar-refractivity contribution in [3.05, 3.63) is 28.8 Å². The smallest absolute Gasteiger partial charge is 0.224 e. The Bertz CT molecular complexity index is 442. The molecule has 1 aromatic carbocycles. The second-order valence-electron chi connectivity index (χ2n) is 5.26. The first-order valence-electron chi connectivity index (χ1n) is 6.92. The summed E-state index contributed by atoms with van der Waals surface area (Å²) >= 11 is 6.04. The molecule has 0 bridgehead atoms. The number of carbonyl (C=O) groups is 1. The van der Waals surface area contributed by atoms with Crippen LogP contribution in [0.5, 0.6) is 0 Å². The van der Waals surface area contributed by atoms with E-state index in [4.69, 9.17) is 11.6 Å². The van der Waals surface area contributed by atoms with Crippen LogP contribution in [0.4, 0.5) is 5.69 Å². The highest BCUT2D eigenvalue weighted by atomic mass is 35.5. The van der Waals surface area contributed by atoms with Crippen LogP contribution < -0.4 is 10.6 Å². The predicted molar refractivity (Wildman–Crippen MR) is 79.6 cm³/mol. The van der Waals surface area contributed by atoms with Gasteiger partial charge in [0.15, 0.2) is 0 Å². The lowest BCUT2D eigenvalue weighted by atomic mass is 9.94.